The third-order valence-corrected chi connectivity index (χ3v) is 2.94. The maximum absolute atomic E-state index is 10.5. The molecule has 2 unspecified atom stereocenters. The van der Waals surface area contributed by atoms with Gasteiger partial charge in [-0.1, -0.05) is 6.08 Å². The van der Waals surface area contributed by atoms with Gasteiger partial charge < -0.3 is 20.1 Å². The lowest BCUT2D eigenvalue weighted by Crippen LogP contribution is -2.62. The number of hydrogen-bond donors (Lipinski definition) is 3. The van der Waals surface area contributed by atoms with Gasteiger partial charge in [0.25, 0.3) is 0 Å². The van der Waals surface area contributed by atoms with Gasteiger partial charge in [-0.25, -0.2) is 0 Å². The first kappa shape index (κ1) is 11.0. The molecule has 2 rings (SSSR count). The van der Waals surface area contributed by atoms with Crippen LogP contribution in [0.1, 0.15) is 6.42 Å². The molecule has 9 heteroatoms. The highest BCUT2D eigenvalue weighted by Gasteiger charge is 2.86. The van der Waals surface area contributed by atoms with Crippen LogP contribution in [-0.2, 0) is 23.5 Å². The van der Waals surface area contributed by atoms with Crippen LogP contribution in [0.3, 0.4) is 0 Å². The molecule has 15 heavy (non-hydrogen) atoms. The molecule has 0 aliphatic carbocycles. The highest BCUT2D eigenvalue weighted by atomic mass is 32.3. The molecule has 0 spiro atoms. The molecule has 2 aliphatic heterocycles. The third-order valence-electron chi connectivity index (χ3n) is 2.08. The van der Waals surface area contributed by atoms with Crippen molar-refractivity contribution in [3.8, 4) is 0 Å². The number of aliphatic hydroxyl groups is 3. The highest BCUT2D eigenvalue weighted by molar-refractivity contribution is 7.82. The minimum atomic E-state index is -4.32. The van der Waals surface area contributed by atoms with Gasteiger partial charge in [0.1, 0.15) is 0 Å². The lowest BCUT2D eigenvalue weighted by Gasteiger charge is -2.35. The predicted molar refractivity (Wildman–Crippen MR) is 41.8 cm³/mol. The Morgan fingerprint density at radius 2 is 1.80 bits per heavy atom. The van der Waals surface area contributed by atoms with Crippen LogP contribution in [-0.4, -0.2) is 41.3 Å². The Kier molecular flexibility index (Phi) is 1.88. The molecule has 0 aromatic rings. The average Bonchev–Trinajstić information content (AvgIpc) is 2.52. The summed E-state index contributed by atoms with van der Waals surface area (Å²) >= 11 is 0. The van der Waals surface area contributed by atoms with Crippen LogP contribution in [0.4, 0.5) is 0 Å². The van der Waals surface area contributed by atoms with Crippen LogP contribution in [0.5, 0.6) is 0 Å². The lowest BCUT2D eigenvalue weighted by atomic mass is 10.1. The van der Waals surface area contributed by atoms with Crippen molar-refractivity contribution in [1.82, 2.24) is 0 Å². The molecule has 2 aliphatic rings. The fourth-order valence-corrected chi connectivity index (χ4v) is 2.09. The highest BCUT2D eigenvalue weighted by Crippen LogP contribution is 2.57. The topological polar surface area (TPSA) is 126 Å². The maximum atomic E-state index is 10.5. The van der Waals surface area contributed by atoms with E-state index < -0.39 is 27.9 Å². The zero-order valence-electron chi connectivity index (χ0n) is 7.28. The minimum absolute atomic E-state index is 0.238. The zero-order valence-corrected chi connectivity index (χ0v) is 8.10. The van der Waals surface area contributed by atoms with E-state index in [1.54, 1.807) is 0 Å². The van der Waals surface area contributed by atoms with Gasteiger partial charge in [0.2, 0.25) is 5.79 Å². The molecule has 2 fully saturated rings. The molecule has 3 N–H and O–H groups in total. The molecule has 0 radical (unpaired) electrons. The first-order chi connectivity index (χ1) is 6.68. The van der Waals surface area contributed by atoms with Gasteiger partial charge >= 0.3 is 22.2 Å². The minimum Gasteiger partial charge on any atom is -0.361 e. The van der Waals surface area contributed by atoms with Crippen molar-refractivity contribution in [2.45, 2.75) is 24.0 Å². The fraction of sp³-hybridized carbons (Fsp3) is 0.667. The number of ether oxygens (including phenoxy) is 1. The van der Waals surface area contributed by atoms with Gasteiger partial charge in [-0.05, 0) is 0 Å². The number of epoxide rings is 1. The maximum Gasteiger partial charge on any atom is 0.409 e. The van der Waals surface area contributed by atoms with E-state index in [-0.39, 0.29) is 6.42 Å². The molecule has 8 nitrogen and oxygen atoms in total. The fourth-order valence-electron chi connectivity index (χ4n) is 1.30. The SMILES string of the molecule is C=CCC1(O)OC1(O)C1(O)OS(=O)(=O)O1. The predicted octanol–water partition coefficient (Wildman–Crippen LogP) is -2.09. The van der Waals surface area contributed by atoms with Crippen molar-refractivity contribution in [2.75, 3.05) is 0 Å². The Bertz CT molecular complexity index is 403. The van der Waals surface area contributed by atoms with Crippen LogP contribution in [0.25, 0.3) is 0 Å². The molecule has 86 valence electrons. The van der Waals surface area contributed by atoms with Crippen molar-refractivity contribution in [3.63, 3.8) is 0 Å². The van der Waals surface area contributed by atoms with E-state index in [1.807, 2.05) is 0 Å². The Morgan fingerprint density at radius 1 is 1.27 bits per heavy atom. The van der Waals surface area contributed by atoms with Crippen LogP contribution < -0.4 is 0 Å². The standard InChI is InChI=1S/C6H8O8S/c1-2-3-4(7)5(8,12-4)6(9)13-15(10,11)14-6/h2,7-9H,1,3H2. The Labute approximate surface area is 84.6 Å². The monoisotopic (exact) mass is 240 g/mol. The molecule has 2 saturated heterocycles. The molecule has 0 aromatic heterocycles. The Balaban J connectivity index is 2.18. The molecule has 2 atom stereocenters. The average molecular weight is 240 g/mol. The van der Waals surface area contributed by atoms with Crippen LogP contribution in [0.2, 0.25) is 0 Å². The molecule has 0 amide bonds. The van der Waals surface area contributed by atoms with E-state index in [2.05, 4.69) is 19.7 Å². The largest absolute Gasteiger partial charge is 0.409 e. The van der Waals surface area contributed by atoms with Gasteiger partial charge in [-0.15, -0.1) is 6.58 Å². The Hall–Kier alpha value is -0.550. The van der Waals surface area contributed by atoms with E-state index in [4.69, 9.17) is 0 Å². The van der Waals surface area contributed by atoms with Crippen molar-refractivity contribution < 1.29 is 36.8 Å². The third kappa shape index (κ3) is 1.26. The van der Waals surface area contributed by atoms with Gasteiger partial charge in [-0.2, -0.15) is 16.8 Å². The number of hydrogen-bond acceptors (Lipinski definition) is 8. The van der Waals surface area contributed by atoms with Gasteiger partial charge in [-0.3, -0.25) is 0 Å². The van der Waals surface area contributed by atoms with Gasteiger partial charge in [0, 0.05) is 6.42 Å². The van der Waals surface area contributed by atoms with Gasteiger partial charge in [0.05, 0.1) is 0 Å². The smallest absolute Gasteiger partial charge is 0.361 e. The molecule has 2 heterocycles. The summed E-state index contributed by atoms with van der Waals surface area (Å²) in [6, 6.07) is 0. The summed E-state index contributed by atoms with van der Waals surface area (Å²) in [7, 11) is -4.32. The van der Waals surface area contributed by atoms with Crippen molar-refractivity contribution >= 4 is 10.4 Å². The first-order valence-electron chi connectivity index (χ1n) is 3.82. The molecular formula is C6H8O8S. The molecule has 0 saturated carbocycles. The van der Waals surface area contributed by atoms with Gasteiger partial charge in [0.15, 0.2) is 0 Å². The Morgan fingerprint density at radius 3 is 2.20 bits per heavy atom. The molecule has 0 bridgehead atoms. The quantitative estimate of drug-likeness (QED) is 0.378. The lowest BCUT2D eigenvalue weighted by molar-refractivity contribution is -0.399. The second-order valence-electron chi connectivity index (χ2n) is 3.18. The van der Waals surface area contributed by atoms with E-state index >= 15 is 0 Å². The van der Waals surface area contributed by atoms with E-state index in [9.17, 15) is 23.7 Å². The van der Waals surface area contributed by atoms with Crippen LogP contribution in [0.15, 0.2) is 12.7 Å². The second kappa shape index (κ2) is 2.58. The summed E-state index contributed by atoms with van der Waals surface area (Å²) in [4.78, 5) is 0. The molecular weight excluding hydrogens is 232 g/mol. The van der Waals surface area contributed by atoms with E-state index in [0.717, 1.165) is 0 Å². The first-order valence-corrected chi connectivity index (χ1v) is 5.16. The summed E-state index contributed by atoms with van der Waals surface area (Å²) in [5.41, 5.74) is 0. The van der Waals surface area contributed by atoms with Crippen LogP contribution >= 0.6 is 0 Å². The second-order valence-corrected chi connectivity index (χ2v) is 4.33. The summed E-state index contributed by atoms with van der Waals surface area (Å²) < 4.78 is 33.2. The zero-order chi connectivity index (χ0) is 11.5. The summed E-state index contributed by atoms with van der Waals surface area (Å²) in [5.74, 6) is -7.72. The summed E-state index contributed by atoms with van der Waals surface area (Å²) in [5, 5.41) is 28.3. The van der Waals surface area contributed by atoms with Crippen LogP contribution in [0, 0.1) is 0 Å². The van der Waals surface area contributed by atoms with E-state index in [1.165, 1.54) is 6.08 Å². The number of rotatable bonds is 3. The van der Waals surface area contributed by atoms with Crippen molar-refractivity contribution in [1.29, 1.82) is 0 Å². The molecule has 0 aromatic carbocycles. The van der Waals surface area contributed by atoms with Crippen molar-refractivity contribution in [2.24, 2.45) is 0 Å². The summed E-state index contributed by atoms with van der Waals surface area (Å²) in [6.45, 7) is 3.27. The normalized spacial score (nSPS) is 45.5. The van der Waals surface area contributed by atoms with E-state index in [0.29, 0.717) is 0 Å². The van der Waals surface area contributed by atoms with Crippen molar-refractivity contribution in [3.05, 3.63) is 12.7 Å². The summed E-state index contributed by atoms with van der Waals surface area (Å²) in [6.07, 6.45) is 0.965.